The average molecular weight is 273 g/mol. The van der Waals surface area contributed by atoms with E-state index in [0.717, 1.165) is 17.9 Å². The highest BCUT2D eigenvalue weighted by atomic mass is 15.1. The van der Waals surface area contributed by atoms with Crippen molar-refractivity contribution in [1.82, 2.24) is 9.80 Å². The van der Waals surface area contributed by atoms with Crippen molar-refractivity contribution >= 4 is 0 Å². The maximum Gasteiger partial charge on any atom is 0.00643 e. The van der Waals surface area contributed by atoms with E-state index < -0.39 is 0 Å². The molecule has 2 aliphatic heterocycles. The second-order valence-electron chi connectivity index (χ2n) is 5.65. The molecule has 118 valence electrons. The molecule has 2 heteroatoms. The highest BCUT2D eigenvalue weighted by molar-refractivity contribution is 4.75. The van der Waals surface area contributed by atoms with Gasteiger partial charge in [-0.05, 0) is 52.2 Å². The molecule has 0 aromatic carbocycles. The smallest absolute Gasteiger partial charge is 0.00643 e. The van der Waals surface area contributed by atoms with Gasteiger partial charge in [-0.15, -0.1) is 0 Å². The van der Waals surface area contributed by atoms with E-state index in [0.29, 0.717) is 0 Å². The van der Waals surface area contributed by atoms with Crippen molar-refractivity contribution in [2.24, 2.45) is 11.8 Å². The monoisotopic (exact) mass is 272 g/mol. The Labute approximate surface area is 123 Å². The summed E-state index contributed by atoms with van der Waals surface area (Å²) in [5.74, 6) is 1.83. The Morgan fingerprint density at radius 1 is 0.789 bits per heavy atom. The molecule has 2 aliphatic rings. The summed E-state index contributed by atoms with van der Waals surface area (Å²) in [6.45, 7) is 18.8. The summed E-state index contributed by atoms with van der Waals surface area (Å²) in [4.78, 5) is 4.80. The number of hydrogen-bond acceptors (Lipinski definition) is 2. The van der Waals surface area contributed by atoms with Crippen LogP contribution in [0.3, 0.4) is 0 Å². The molecule has 2 rings (SSSR count). The van der Waals surface area contributed by atoms with Gasteiger partial charge in [-0.25, -0.2) is 0 Å². The highest BCUT2D eigenvalue weighted by Crippen LogP contribution is 2.19. The van der Waals surface area contributed by atoms with E-state index in [1.807, 2.05) is 27.7 Å². The zero-order valence-corrected chi connectivity index (χ0v) is 15.2. The van der Waals surface area contributed by atoms with Gasteiger partial charge in [0.25, 0.3) is 0 Å². The summed E-state index contributed by atoms with van der Waals surface area (Å²) in [5, 5.41) is 0. The maximum absolute atomic E-state index is 2.40. The second-order valence-corrected chi connectivity index (χ2v) is 5.65. The topological polar surface area (TPSA) is 6.48 Å². The first kappa shape index (κ1) is 21.2. The van der Waals surface area contributed by atoms with E-state index in [1.165, 1.54) is 32.5 Å². The number of hydrogen-bond donors (Lipinski definition) is 0. The number of nitrogens with zero attached hydrogens (tertiary/aromatic N) is 2. The minimum absolute atomic E-state index is 0.847. The molecule has 2 saturated heterocycles. The summed E-state index contributed by atoms with van der Waals surface area (Å²) >= 11 is 0. The van der Waals surface area contributed by atoms with Crippen LogP contribution in [0.4, 0.5) is 0 Å². The van der Waals surface area contributed by atoms with E-state index in [1.54, 1.807) is 0 Å². The molecule has 0 bridgehead atoms. The van der Waals surface area contributed by atoms with Crippen LogP contribution in [0, 0.1) is 11.8 Å². The third-order valence-corrected chi connectivity index (χ3v) is 4.06. The van der Waals surface area contributed by atoms with Crippen LogP contribution in [-0.4, -0.2) is 49.6 Å². The molecule has 1 unspecified atom stereocenters. The lowest BCUT2D eigenvalue weighted by molar-refractivity contribution is 0.331. The van der Waals surface area contributed by atoms with E-state index in [2.05, 4.69) is 44.7 Å². The van der Waals surface area contributed by atoms with Crippen molar-refractivity contribution in [3.63, 3.8) is 0 Å². The SMILES string of the molecule is CC.CC.CC1CN(C)C[C@@H]1C.C[C@H]1CCCN1C. The van der Waals surface area contributed by atoms with E-state index in [-0.39, 0.29) is 0 Å². The normalized spacial score (nSPS) is 30.5. The van der Waals surface area contributed by atoms with Crippen LogP contribution < -0.4 is 0 Å². The third kappa shape index (κ3) is 9.45. The summed E-state index contributed by atoms with van der Waals surface area (Å²) in [6, 6.07) is 0.847. The number of rotatable bonds is 0. The van der Waals surface area contributed by atoms with Gasteiger partial charge in [0.1, 0.15) is 0 Å². The minimum Gasteiger partial charge on any atom is -0.306 e. The molecule has 0 radical (unpaired) electrons. The van der Waals surface area contributed by atoms with Crippen LogP contribution in [0.1, 0.15) is 61.3 Å². The predicted octanol–water partition coefficient (Wildman–Crippen LogP) is 4.36. The van der Waals surface area contributed by atoms with Crippen LogP contribution in [0.2, 0.25) is 0 Å². The van der Waals surface area contributed by atoms with Crippen molar-refractivity contribution in [2.45, 2.75) is 67.3 Å². The van der Waals surface area contributed by atoms with Gasteiger partial charge in [0.15, 0.2) is 0 Å². The Morgan fingerprint density at radius 2 is 1.21 bits per heavy atom. The van der Waals surface area contributed by atoms with Crippen molar-refractivity contribution in [2.75, 3.05) is 33.7 Å². The van der Waals surface area contributed by atoms with Crippen LogP contribution in [0.5, 0.6) is 0 Å². The molecular formula is C17H40N2. The van der Waals surface area contributed by atoms with Gasteiger partial charge in [0, 0.05) is 19.1 Å². The van der Waals surface area contributed by atoms with Crippen molar-refractivity contribution < 1.29 is 0 Å². The fourth-order valence-electron chi connectivity index (χ4n) is 2.49. The first-order valence-corrected chi connectivity index (χ1v) is 8.39. The Morgan fingerprint density at radius 3 is 1.32 bits per heavy atom. The lowest BCUT2D eigenvalue weighted by Crippen LogP contribution is -2.20. The first-order chi connectivity index (χ1) is 9.00. The van der Waals surface area contributed by atoms with Gasteiger partial charge in [-0.1, -0.05) is 41.5 Å². The molecule has 0 aliphatic carbocycles. The highest BCUT2D eigenvalue weighted by Gasteiger charge is 2.22. The van der Waals surface area contributed by atoms with Crippen LogP contribution >= 0.6 is 0 Å². The van der Waals surface area contributed by atoms with Crippen LogP contribution in [0.25, 0.3) is 0 Å². The van der Waals surface area contributed by atoms with E-state index in [9.17, 15) is 0 Å². The van der Waals surface area contributed by atoms with Crippen molar-refractivity contribution in [3.8, 4) is 0 Å². The molecule has 0 saturated carbocycles. The predicted molar refractivity (Wildman–Crippen MR) is 89.8 cm³/mol. The van der Waals surface area contributed by atoms with Gasteiger partial charge in [-0.2, -0.15) is 0 Å². The molecule has 0 spiro atoms. The lowest BCUT2D eigenvalue weighted by Gasteiger charge is -2.12. The fraction of sp³-hybridized carbons (Fsp3) is 1.00. The maximum atomic E-state index is 2.40. The molecule has 0 aromatic rings. The minimum atomic E-state index is 0.847. The fourth-order valence-corrected chi connectivity index (χ4v) is 2.49. The standard InChI is InChI=1S/C7H15N.C6H13N.2C2H6/c1-6-4-8(3)5-7(6)2;1-6-4-3-5-7(6)2;2*1-2/h6-7H,4-5H2,1-3H3;6H,3-5H2,1-2H3;2*1-2H3/t6-,7?;6-;;/m00../s1. The first-order valence-electron chi connectivity index (χ1n) is 8.39. The Hall–Kier alpha value is -0.0800. The van der Waals surface area contributed by atoms with Gasteiger partial charge in [0.2, 0.25) is 0 Å². The Kier molecular flexibility index (Phi) is 14.4. The van der Waals surface area contributed by atoms with Crippen LogP contribution in [0.15, 0.2) is 0 Å². The quantitative estimate of drug-likeness (QED) is 0.646. The largest absolute Gasteiger partial charge is 0.306 e. The summed E-state index contributed by atoms with van der Waals surface area (Å²) in [7, 11) is 4.39. The second kappa shape index (κ2) is 12.9. The molecule has 0 aromatic heterocycles. The zero-order chi connectivity index (χ0) is 15.4. The Balaban J connectivity index is 0. The molecular weight excluding hydrogens is 232 g/mol. The molecule has 3 atom stereocenters. The van der Waals surface area contributed by atoms with Crippen molar-refractivity contribution in [1.29, 1.82) is 0 Å². The van der Waals surface area contributed by atoms with Gasteiger partial charge >= 0.3 is 0 Å². The molecule has 0 N–H and O–H groups in total. The zero-order valence-electron chi connectivity index (χ0n) is 15.2. The molecule has 2 fully saturated rings. The van der Waals surface area contributed by atoms with E-state index in [4.69, 9.17) is 0 Å². The summed E-state index contributed by atoms with van der Waals surface area (Å²) in [5.41, 5.74) is 0. The average Bonchev–Trinajstić information content (AvgIpc) is 2.92. The van der Waals surface area contributed by atoms with Gasteiger partial charge < -0.3 is 9.80 Å². The van der Waals surface area contributed by atoms with Crippen LogP contribution in [-0.2, 0) is 0 Å². The molecule has 2 heterocycles. The molecule has 19 heavy (non-hydrogen) atoms. The lowest BCUT2D eigenvalue weighted by atomic mass is 10.0. The third-order valence-electron chi connectivity index (χ3n) is 4.06. The van der Waals surface area contributed by atoms with Crippen molar-refractivity contribution in [3.05, 3.63) is 0 Å². The van der Waals surface area contributed by atoms with Gasteiger partial charge in [0.05, 0.1) is 0 Å². The number of likely N-dealkylation sites (tertiary alicyclic amines) is 2. The molecule has 0 amide bonds. The van der Waals surface area contributed by atoms with Gasteiger partial charge in [-0.3, -0.25) is 0 Å². The Bertz CT molecular complexity index is 164. The van der Waals surface area contributed by atoms with E-state index >= 15 is 0 Å². The summed E-state index contributed by atoms with van der Waals surface area (Å²) < 4.78 is 0. The summed E-state index contributed by atoms with van der Waals surface area (Å²) in [6.07, 6.45) is 2.80. The molecule has 2 nitrogen and oxygen atoms in total.